The lowest BCUT2D eigenvalue weighted by atomic mass is 10.2. The molecule has 0 amide bonds. The minimum absolute atomic E-state index is 0. The Bertz CT molecular complexity index is 147. The second-order valence-electron chi connectivity index (χ2n) is 3.53. The van der Waals surface area contributed by atoms with Crippen LogP contribution in [0.1, 0.15) is 35.1 Å². The van der Waals surface area contributed by atoms with Crippen LogP contribution in [0.5, 0.6) is 0 Å². The van der Waals surface area contributed by atoms with Gasteiger partial charge in [-0.3, -0.25) is 0 Å². The third kappa shape index (κ3) is 118. The van der Waals surface area contributed by atoms with Crippen LogP contribution in [0.2, 0.25) is 19.1 Å². The Morgan fingerprint density at radius 3 is 1.25 bits per heavy atom. The summed E-state index contributed by atoms with van der Waals surface area (Å²) in [5.74, 6) is 0.921. The van der Waals surface area contributed by atoms with Gasteiger partial charge in [0.2, 0.25) is 0 Å². The summed E-state index contributed by atoms with van der Waals surface area (Å²) in [6.07, 6.45) is 1.95. The van der Waals surface area contributed by atoms with Gasteiger partial charge < -0.3 is 0 Å². The minimum Gasteiger partial charge on any atom is -0.186 e. The number of carbonyl (C=O) groups excluding carboxylic acids is 4. The lowest BCUT2D eigenvalue weighted by Gasteiger charge is -2.04. The van der Waals surface area contributed by atoms with Crippen LogP contribution in [0.15, 0.2) is 0 Å². The van der Waals surface area contributed by atoms with Gasteiger partial charge >= 0.3 is 12.3 Å². The van der Waals surface area contributed by atoms with E-state index in [1.54, 1.807) is 0 Å². The van der Waals surface area contributed by atoms with E-state index >= 15 is 0 Å². The van der Waals surface area contributed by atoms with Crippen LogP contribution >= 0.6 is 0 Å². The normalized spacial score (nSPS) is 6.62. The smallest absolute Gasteiger partial charge is 0.186 e. The van der Waals surface area contributed by atoms with Gasteiger partial charge in [0.05, 0.1) is 0 Å². The van der Waals surface area contributed by atoms with Crippen molar-refractivity contribution < 1.29 is 19.2 Å². The lowest BCUT2D eigenvalue weighted by molar-refractivity contribution is -0.193. The van der Waals surface area contributed by atoms with Crippen LogP contribution in [-0.2, 0) is 19.2 Å². The van der Waals surface area contributed by atoms with Crippen molar-refractivity contribution in [1.29, 1.82) is 0 Å². The molecule has 0 aromatic heterocycles. The van der Waals surface area contributed by atoms with E-state index < -0.39 is 0 Å². The molecule has 0 atom stereocenters. The minimum atomic E-state index is -0.227. The van der Waals surface area contributed by atoms with E-state index in [1.165, 1.54) is 12.5 Å². The van der Waals surface area contributed by atoms with Gasteiger partial charge in [-0.1, -0.05) is 54.3 Å². The van der Waals surface area contributed by atoms with E-state index in [4.69, 9.17) is 19.2 Å². The lowest BCUT2D eigenvalue weighted by Crippen LogP contribution is -2.00. The molecule has 0 aliphatic carbocycles. The zero-order valence-corrected chi connectivity index (χ0v) is 10.4. The first-order valence-corrected chi connectivity index (χ1v) is 7.57. The molecule has 0 bridgehead atoms. The Balaban J connectivity index is -0.0000000434. The van der Waals surface area contributed by atoms with Crippen molar-refractivity contribution in [3.63, 3.8) is 0 Å². The Labute approximate surface area is 101 Å². The molecule has 0 aliphatic heterocycles. The Kier molecular flexibility index (Phi) is 53.7. The van der Waals surface area contributed by atoms with Crippen LogP contribution in [0.4, 0.5) is 0 Å². The SMILES string of the molecule is C.C.CC(C)CC[SiH](C)C.O=C=O.O=C=O. The molecule has 98 valence electrons. The van der Waals surface area contributed by atoms with Gasteiger partial charge in [-0.2, -0.15) is 19.2 Å². The molecule has 0 radical (unpaired) electrons. The average molecular weight is 250 g/mol. The van der Waals surface area contributed by atoms with Crippen molar-refractivity contribution in [2.45, 2.75) is 54.3 Å². The summed E-state index contributed by atoms with van der Waals surface area (Å²) in [6, 6.07) is 1.53. The zero-order chi connectivity index (χ0) is 12.0. The van der Waals surface area contributed by atoms with E-state index in [9.17, 15) is 0 Å². The van der Waals surface area contributed by atoms with Gasteiger partial charge in [-0.25, -0.2) is 0 Å². The quantitative estimate of drug-likeness (QED) is 0.722. The summed E-state index contributed by atoms with van der Waals surface area (Å²) >= 11 is 0. The van der Waals surface area contributed by atoms with Crippen LogP contribution in [0.25, 0.3) is 0 Å². The Morgan fingerprint density at radius 1 is 0.938 bits per heavy atom. The van der Waals surface area contributed by atoms with Crippen LogP contribution in [0, 0.1) is 5.92 Å². The van der Waals surface area contributed by atoms with E-state index in [0.29, 0.717) is 0 Å². The first-order valence-electron chi connectivity index (χ1n) is 4.44. The summed E-state index contributed by atoms with van der Waals surface area (Å²) < 4.78 is 0. The molecule has 16 heavy (non-hydrogen) atoms. The van der Waals surface area contributed by atoms with Crippen LogP contribution in [-0.4, -0.2) is 21.1 Å². The molecule has 0 spiro atoms. The summed E-state index contributed by atoms with van der Waals surface area (Å²) in [5.41, 5.74) is 0. The summed E-state index contributed by atoms with van der Waals surface area (Å²) in [6.45, 7) is 9.44. The molecule has 0 aromatic rings. The molecule has 5 heteroatoms. The molecule has 0 rings (SSSR count). The Hall–Kier alpha value is -1.02. The van der Waals surface area contributed by atoms with Crippen molar-refractivity contribution in [3.05, 3.63) is 0 Å². The van der Waals surface area contributed by atoms with Crippen LogP contribution < -0.4 is 0 Å². The fourth-order valence-electron chi connectivity index (χ4n) is 0.667. The fraction of sp³-hybridized carbons (Fsp3) is 0.818. The zero-order valence-electron chi connectivity index (χ0n) is 9.20. The van der Waals surface area contributed by atoms with Crippen molar-refractivity contribution in [1.82, 2.24) is 0 Å². The summed E-state index contributed by atoms with van der Waals surface area (Å²) in [7, 11) is -0.227. The fourth-order valence-corrected chi connectivity index (χ4v) is 2.00. The van der Waals surface area contributed by atoms with Gasteiger partial charge in [0.15, 0.2) is 0 Å². The van der Waals surface area contributed by atoms with Crippen molar-refractivity contribution >= 4 is 21.1 Å². The van der Waals surface area contributed by atoms with Crippen molar-refractivity contribution in [2.75, 3.05) is 0 Å². The molecule has 0 saturated carbocycles. The monoisotopic (exact) mass is 250 g/mol. The number of hydrogen-bond donors (Lipinski definition) is 0. The maximum atomic E-state index is 8.12. The summed E-state index contributed by atoms with van der Waals surface area (Å²) in [4.78, 5) is 32.5. The predicted octanol–water partition coefficient (Wildman–Crippen LogP) is 2.62. The molecule has 4 nitrogen and oxygen atoms in total. The van der Waals surface area contributed by atoms with E-state index in [1.807, 2.05) is 0 Å². The maximum absolute atomic E-state index is 8.12. The maximum Gasteiger partial charge on any atom is 0.373 e. The molecule has 0 N–H and O–H groups in total. The molecule has 0 heterocycles. The molecular weight excluding hydrogens is 224 g/mol. The third-order valence-corrected chi connectivity index (χ3v) is 2.81. The highest BCUT2D eigenvalue weighted by Crippen LogP contribution is 2.06. The average Bonchev–Trinajstić information content (AvgIpc) is 2.04. The van der Waals surface area contributed by atoms with Crippen molar-refractivity contribution in [2.24, 2.45) is 5.92 Å². The highest BCUT2D eigenvalue weighted by atomic mass is 28.3. The van der Waals surface area contributed by atoms with E-state index in [2.05, 4.69) is 26.9 Å². The first kappa shape index (κ1) is 29.4. The summed E-state index contributed by atoms with van der Waals surface area (Å²) in [5, 5.41) is 0. The van der Waals surface area contributed by atoms with Crippen LogP contribution in [0.3, 0.4) is 0 Å². The van der Waals surface area contributed by atoms with Crippen molar-refractivity contribution in [3.8, 4) is 0 Å². The molecule has 0 aromatic carbocycles. The highest BCUT2D eigenvalue weighted by molar-refractivity contribution is 6.55. The topological polar surface area (TPSA) is 68.3 Å². The largest absolute Gasteiger partial charge is 0.373 e. The molecule has 0 saturated heterocycles. The third-order valence-electron chi connectivity index (χ3n) is 1.32. The van der Waals surface area contributed by atoms with Gasteiger partial charge in [0.1, 0.15) is 0 Å². The van der Waals surface area contributed by atoms with Gasteiger partial charge in [0.25, 0.3) is 0 Å². The second-order valence-corrected chi connectivity index (χ2v) is 6.90. The first-order chi connectivity index (χ1) is 6.45. The second kappa shape index (κ2) is 29.2. The van der Waals surface area contributed by atoms with Gasteiger partial charge in [-0.15, -0.1) is 0 Å². The highest BCUT2D eigenvalue weighted by Gasteiger charge is 1.97. The molecule has 0 aliphatic rings. The van der Waals surface area contributed by atoms with Gasteiger partial charge in [-0.05, 0) is 5.92 Å². The molecule has 0 unspecified atom stereocenters. The van der Waals surface area contributed by atoms with E-state index in [-0.39, 0.29) is 36.0 Å². The Morgan fingerprint density at radius 2 is 1.19 bits per heavy atom. The molecule has 0 fully saturated rings. The predicted molar refractivity (Wildman–Crippen MR) is 66.6 cm³/mol. The standard InChI is InChI=1S/C7H18Si.2CO2.2CH4/c1-7(2)5-6-8(3)4;2*2-1-3;;/h7-8H,5-6H2,1-4H3;;;2*1H4. The number of rotatable bonds is 3. The van der Waals surface area contributed by atoms with Gasteiger partial charge in [0, 0.05) is 8.80 Å². The number of hydrogen-bond acceptors (Lipinski definition) is 4. The van der Waals surface area contributed by atoms with E-state index in [0.717, 1.165) is 5.92 Å². The molecular formula is C11H26O4Si.